The van der Waals surface area contributed by atoms with Crippen LogP contribution in [0, 0.1) is 5.92 Å². The fourth-order valence-corrected chi connectivity index (χ4v) is 6.33. The van der Waals surface area contributed by atoms with Gasteiger partial charge in [0.2, 0.25) is 0 Å². The summed E-state index contributed by atoms with van der Waals surface area (Å²) in [6, 6.07) is 3.97. The van der Waals surface area contributed by atoms with E-state index in [1.807, 2.05) is 12.1 Å². The van der Waals surface area contributed by atoms with Crippen LogP contribution in [-0.2, 0) is 18.9 Å². The molecule has 10 heteroatoms. The zero-order chi connectivity index (χ0) is 27.1. The van der Waals surface area contributed by atoms with Crippen LogP contribution in [0.4, 0.5) is 0 Å². The third kappa shape index (κ3) is 5.63. The molecule has 2 bridgehead atoms. The minimum absolute atomic E-state index is 0.128. The number of rotatable bonds is 11. The third-order valence-electron chi connectivity index (χ3n) is 8.38. The minimum Gasteiger partial charge on any atom is -0.491 e. The molecule has 3 aliphatic heterocycles. The quantitative estimate of drug-likeness (QED) is 0.361. The number of hydrogen-bond acceptors (Lipinski definition) is 10. The molecule has 10 nitrogen and oxygen atoms in total. The summed E-state index contributed by atoms with van der Waals surface area (Å²) in [7, 11) is 0. The lowest BCUT2D eigenvalue weighted by atomic mass is 9.61. The van der Waals surface area contributed by atoms with Gasteiger partial charge in [-0.15, -0.1) is 0 Å². The highest BCUT2D eigenvalue weighted by atomic mass is 16.7. The van der Waals surface area contributed by atoms with Gasteiger partial charge in [0.1, 0.15) is 53.4 Å². The van der Waals surface area contributed by atoms with Crippen molar-refractivity contribution in [2.24, 2.45) is 5.92 Å². The number of benzene rings is 1. The third-order valence-corrected chi connectivity index (χ3v) is 8.38. The van der Waals surface area contributed by atoms with E-state index in [1.54, 1.807) is 6.92 Å². The van der Waals surface area contributed by atoms with Gasteiger partial charge in [0, 0.05) is 29.5 Å². The van der Waals surface area contributed by atoms with Crippen LogP contribution in [0.15, 0.2) is 12.1 Å². The molecule has 1 aromatic carbocycles. The first kappa shape index (κ1) is 27.9. The van der Waals surface area contributed by atoms with E-state index in [4.69, 9.17) is 33.2 Å². The van der Waals surface area contributed by atoms with Gasteiger partial charge in [-0.25, -0.2) is 0 Å². The number of ether oxygens (including phenoxy) is 7. The van der Waals surface area contributed by atoms with Gasteiger partial charge in [0.25, 0.3) is 0 Å². The molecule has 8 atom stereocenters. The summed E-state index contributed by atoms with van der Waals surface area (Å²) in [5, 5.41) is 29.5. The number of aliphatic hydroxyl groups is 3. The smallest absolute Gasteiger partial charge is 0.186 e. The Morgan fingerprint density at radius 1 is 0.868 bits per heavy atom. The lowest BCUT2D eigenvalue weighted by Crippen LogP contribution is -2.57. The molecule has 3 heterocycles. The van der Waals surface area contributed by atoms with E-state index in [9.17, 15) is 15.3 Å². The molecule has 0 radical (unpaired) electrons. The second kappa shape index (κ2) is 11.1. The van der Waals surface area contributed by atoms with Gasteiger partial charge >= 0.3 is 0 Å². The van der Waals surface area contributed by atoms with E-state index in [0.29, 0.717) is 44.0 Å². The highest BCUT2D eigenvalue weighted by Gasteiger charge is 2.54. The fraction of sp³-hybridized carbons (Fsp3) is 0.786. The summed E-state index contributed by atoms with van der Waals surface area (Å²) >= 11 is 0. The summed E-state index contributed by atoms with van der Waals surface area (Å²) in [5.41, 5.74) is 0.854. The van der Waals surface area contributed by atoms with Gasteiger partial charge in [0.05, 0.1) is 39.1 Å². The Morgan fingerprint density at radius 2 is 1.53 bits per heavy atom. The summed E-state index contributed by atoms with van der Waals surface area (Å²) < 4.78 is 40.8. The lowest BCUT2D eigenvalue weighted by molar-refractivity contribution is -0.294. The molecule has 0 aromatic heterocycles. The zero-order valence-corrected chi connectivity index (χ0v) is 22.8. The van der Waals surface area contributed by atoms with Gasteiger partial charge in [-0.1, -0.05) is 0 Å². The van der Waals surface area contributed by atoms with Crippen molar-refractivity contribution in [3.63, 3.8) is 0 Å². The van der Waals surface area contributed by atoms with Crippen LogP contribution in [0.2, 0.25) is 0 Å². The van der Waals surface area contributed by atoms with Gasteiger partial charge in [-0.3, -0.25) is 0 Å². The van der Waals surface area contributed by atoms with Crippen molar-refractivity contribution < 1.29 is 48.5 Å². The summed E-state index contributed by atoms with van der Waals surface area (Å²) in [6.07, 6.45) is -2.24. The van der Waals surface area contributed by atoms with Crippen molar-refractivity contribution in [1.29, 1.82) is 0 Å². The van der Waals surface area contributed by atoms with Crippen molar-refractivity contribution in [3.8, 4) is 17.2 Å². The monoisotopic (exact) mass is 538 g/mol. The van der Waals surface area contributed by atoms with E-state index in [1.165, 1.54) is 5.56 Å². The Hall–Kier alpha value is -1.66. The van der Waals surface area contributed by atoms with Crippen LogP contribution in [-0.4, -0.2) is 96.9 Å². The van der Waals surface area contributed by atoms with E-state index < -0.39 is 30.7 Å². The summed E-state index contributed by atoms with van der Waals surface area (Å²) in [5.74, 6) is 3.43. The molecular weight excluding hydrogens is 496 g/mol. The summed E-state index contributed by atoms with van der Waals surface area (Å²) in [6.45, 7) is 10.2. The maximum Gasteiger partial charge on any atom is 0.186 e. The van der Waals surface area contributed by atoms with Crippen LogP contribution < -0.4 is 14.2 Å². The fourth-order valence-electron chi connectivity index (χ4n) is 6.33. The normalized spacial score (nSPS) is 36.8. The van der Waals surface area contributed by atoms with Crippen LogP contribution in [0.5, 0.6) is 17.2 Å². The predicted octanol–water partition coefficient (Wildman–Crippen LogP) is 2.15. The molecular formula is C28H42O10. The molecule has 2 fully saturated rings. The molecule has 3 N–H and O–H groups in total. The average molecular weight is 539 g/mol. The van der Waals surface area contributed by atoms with Crippen LogP contribution in [0.3, 0.4) is 0 Å². The highest BCUT2D eigenvalue weighted by Crippen LogP contribution is 2.60. The van der Waals surface area contributed by atoms with Gasteiger partial charge in [0.15, 0.2) is 6.29 Å². The van der Waals surface area contributed by atoms with E-state index >= 15 is 0 Å². The van der Waals surface area contributed by atoms with Crippen LogP contribution in [0.25, 0.3) is 0 Å². The molecule has 1 saturated heterocycles. The van der Waals surface area contributed by atoms with Crippen molar-refractivity contribution in [3.05, 3.63) is 17.7 Å². The Bertz CT molecular complexity index is 952. The van der Waals surface area contributed by atoms with Crippen molar-refractivity contribution >= 4 is 0 Å². The number of fused-ring (bicyclic) bond motifs is 1. The molecule has 0 amide bonds. The molecule has 4 aliphatic rings. The largest absolute Gasteiger partial charge is 0.491 e. The second-order valence-corrected chi connectivity index (χ2v) is 11.7. The Kier molecular flexibility index (Phi) is 8.13. The molecule has 1 saturated carbocycles. The van der Waals surface area contributed by atoms with Crippen LogP contribution in [0.1, 0.15) is 58.4 Å². The standard InChI is InChI=1S/C28H42O10/c1-16-23(29)24(30)25(31)26(36-16)35-12-10-33-8-7-32-9-11-34-17-13-20-22-18-15-28(4,38-21(22)14-17)6-5-19(18)27(2,3)37-20/h13-14,16,18-19,23-26,29-31H,5-12,15H2,1-4H3/t16-,18?,19?,23-,24+,25+,26?,28?/m0/s1. The molecule has 1 aromatic rings. The van der Waals surface area contributed by atoms with E-state index in [0.717, 1.165) is 30.8 Å². The maximum absolute atomic E-state index is 9.95. The second-order valence-electron chi connectivity index (χ2n) is 11.7. The van der Waals surface area contributed by atoms with E-state index in [2.05, 4.69) is 20.8 Å². The first-order chi connectivity index (χ1) is 18.1. The molecule has 214 valence electrons. The molecule has 5 rings (SSSR count). The molecule has 4 unspecified atom stereocenters. The SMILES string of the molecule is C[C@@H]1OC(OCCOCCOCCOc2cc3c4c(c2)OC(C)(C)C2CCC(C)(CC42)O3)[C@H](O)[C@H](O)[C@H]1O. The molecule has 0 spiro atoms. The number of aliphatic hydroxyl groups excluding tert-OH is 3. The van der Waals surface area contributed by atoms with Crippen molar-refractivity contribution in [2.75, 3.05) is 39.6 Å². The van der Waals surface area contributed by atoms with Crippen molar-refractivity contribution in [1.82, 2.24) is 0 Å². The summed E-state index contributed by atoms with van der Waals surface area (Å²) in [4.78, 5) is 0. The Morgan fingerprint density at radius 3 is 2.26 bits per heavy atom. The van der Waals surface area contributed by atoms with Gasteiger partial charge in [-0.05, 0) is 47.0 Å². The predicted molar refractivity (Wildman–Crippen MR) is 136 cm³/mol. The minimum atomic E-state index is -1.32. The highest BCUT2D eigenvalue weighted by molar-refractivity contribution is 5.56. The first-order valence-electron chi connectivity index (χ1n) is 13.7. The van der Waals surface area contributed by atoms with Crippen LogP contribution >= 0.6 is 0 Å². The molecule has 1 aliphatic carbocycles. The van der Waals surface area contributed by atoms with Crippen molar-refractivity contribution in [2.45, 2.75) is 94.8 Å². The molecule has 38 heavy (non-hydrogen) atoms. The van der Waals surface area contributed by atoms with Gasteiger partial charge < -0.3 is 48.5 Å². The van der Waals surface area contributed by atoms with Gasteiger partial charge in [-0.2, -0.15) is 0 Å². The lowest BCUT2D eigenvalue weighted by Gasteiger charge is -2.55. The Labute approximate surface area is 224 Å². The topological polar surface area (TPSA) is 125 Å². The first-order valence-corrected chi connectivity index (χ1v) is 13.7. The maximum atomic E-state index is 9.95. The number of hydrogen-bond donors (Lipinski definition) is 3. The average Bonchev–Trinajstić information content (AvgIpc) is 2.85. The zero-order valence-electron chi connectivity index (χ0n) is 22.8. The Balaban J connectivity index is 1.01. The van der Waals surface area contributed by atoms with E-state index in [-0.39, 0.29) is 24.4 Å².